The minimum atomic E-state index is 0.787. The fourth-order valence-electron chi connectivity index (χ4n) is 1.67. The molecule has 12 heavy (non-hydrogen) atoms. The summed E-state index contributed by atoms with van der Waals surface area (Å²) in [6.45, 7) is 9.60. The van der Waals surface area contributed by atoms with Crippen LogP contribution in [0.5, 0.6) is 0 Å². The molecule has 0 aromatic carbocycles. The van der Waals surface area contributed by atoms with E-state index >= 15 is 0 Å². The molecule has 1 rings (SSSR count). The number of nitrogens with zero attached hydrogens (tertiary/aromatic N) is 1. The Bertz CT molecular complexity index is 127. The minimum Gasteiger partial charge on any atom is -0.299 e. The molecule has 1 nitrogen and oxygen atoms in total. The van der Waals surface area contributed by atoms with Crippen molar-refractivity contribution >= 4 is 11.8 Å². The SMILES string of the molecule is CCCCN1CCSC(C)C1C. The molecular weight excluding hydrogens is 166 g/mol. The van der Waals surface area contributed by atoms with Gasteiger partial charge in [-0.2, -0.15) is 11.8 Å². The van der Waals surface area contributed by atoms with Crippen molar-refractivity contribution in [1.82, 2.24) is 4.90 Å². The number of hydrogen-bond donors (Lipinski definition) is 0. The third-order valence-electron chi connectivity index (χ3n) is 2.81. The van der Waals surface area contributed by atoms with Crippen LogP contribution in [-0.4, -0.2) is 35.0 Å². The zero-order valence-corrected chi connectivity index (χ0v) is 9.36. The van der Waals surface area contributed by atoms with E-state index in [9.17, 15) is 0 Å². The van der Waals surface area contributed by atoms with Crippen LogP contribution in [0.3, 0.4) is 0 Å². The van der Waals surface area contributed by atoms with Crippen molar-refractivity contribution in [3.8, 4) is 0 Å². The van der Waals surface area contributed by atoms with Crippen LogP contribution >= 0.6 is 11.8 Å². The molecular formula is C10H21NS. The molecule has 0 aromatic rings. The highest BCUT2D eigenvalue weighted by atomic mass is 32.2. The summed E-state index contributed by atoms with van der Waals surface area (Å²) in [6, 6.07) is 0.787. The van der Waals surface area contributed by atoms with Gasteiger partial charge in [-0.05, 0) is 19.9 Å². The van der Waals surface area contributed by atoms with Crippen LogP contribution in [0.2, 0.25) is 0 Å². The largest absolute Gasteiger partial charge is 0.299 e. The van der Waals surface area contributed by atoms with Gasteiger partial charge in [-0.1, -0.05) is 20.3 Å². The molecule has 2 atom stereocenters. The van der Waals surface area contributed by atoms with Gasteiger partial charge in [0.25, 0.3) is 0 Å². The maximum Gasteiger partial charge on any atom is 0.0184 e. The zero-order chi connectivity index (χ0) is 8.97. The molecule has 0 aromatic heterocycles. The predicted octanol–water partition coefficient (Wildman–Crippen LogP) is 2.61. The van der Waals surface area contributed by atoms with E-state index in [1.165, 1.54) is 31.7 Å². The quantitative estimate of drug-likeness (QED) is 0.668. The molecule has 0 aliphatic carbocycles. The Hall–Kier alpha value is 0.310. The lowest BCUT2D eigenvalue weighted by atomic mass is 10.2. The fourth-order valence-corrected chi connectivity index (χ4v) is 2.83. The topological polar surface area (TPSA) is 3.24 Å². The molecule has 1 aliphatic rings. The Balaban J connectivity index is 2.30. The summed E-state index contributed by atoms with van der Waals surface area (Å²) in [5.41, 5.74) is 0. The first-order valence-corrected chi connectivity index (χ1v) is 6.16. The molecule has 1 aliphatic heterocycles. The van der Waals surface area contributed by atoms with Crippen LogP contribution in [-0.2, 0) is 0 Å². The van der Waals surface area contributed by atoms with Crippen LogP contribution in [0, 0.1) is 0 Å². The highest BCUT2D eigenvalue weighted by Crippen LogP contribution is 2.24. The van der Waals surface area contributed by atoms with Crippen molar-refractivity contribution < 1.29 is 0 Å². The zero-order valence-electron chi connectivity index (χ0n) is 8.55. The van der Waals surface area contributed by atoms with Gasteiger partial charge < -0.3 is 0 Å². The molecule has 0 spiro atoms. The number of rotatable bonds is 3. The van der Waals surface area contributed by atoms with Crippen molar-refractivity contribution in [2.75, 3.05) is 18.8 Å². The second-order valence-electron chi connectivity index (χ2n) is 3.71. The Morgan fingerprint density at radius 3 is 2.83 bits per heavy atom. The second-order valence-corrected chi connectivity index (χ2v) is 5.19. The Kier molecular flexibility index (Phi) is 4.44. The van der Waals surface area contributed by atoms with Crippen LogP contribution in [0.4, 0.5) is 0 Å². The van der Waals surface area contributed by atoms with E-state index in [1.807, 2.05) is 0 Å². The summed E-state index contributed by atoms with van der Waals surface area (Å²) in [7, 11) is 0. The Morgan fingerprint density at radius 1 is 1.42 bits per heavy atom. The van der Waals surface area contributed by atoms with Crippen molar-refractivity contribution in [2.24, 2.45) is 0 Å². The first-order chi connectivity index (χ1) is 5.75. The van der Waals surface area contributed by atoms with Crippen molar-refractivity contribution in [1.29, 1.82) is 0 Å². The van der Waals surface area contributed by atoms with E-state index in [2.05, 4.69) is 37.4 Å². The van der Waals surface area contributed by atoms with Crippen LogP contribution in [0.15, 0.2) is 0 Å². The lowest BCUT2D eigenvalue weighted by Crippen LogP contribution is -2.44. The summed E-state index contributed by atoms with van der Waals surface area (Å²) in [4.78, 5) is 2.64. The van der Waals surface area contributed by atoms with E-state index in [0.29, 0.717) is 0 Å². The molecule has 2 heteroatoms. The third kappa shape index (κ3) is 2.67. The standard InChI is InChI=1S/C10H21NS/c1-4-5-6-11-7-8-12-10(3)9(11)2/h9-10H,4-8H2,1-3H3. The van der Waals surface area contributed by atoms with Crippen LogP contribution in [0.1, 0.15) is 33.6 Å². The van der Waals surface area contributed by atoms with Gasteiger partial charge in [-0.15, -0.1) is 0 Å². The molecule has 0 radical (unpaired) electrons. The lowest BCUT2D eigenvalue weighted by molar-refractivity contribution is 0.210. The van der Waals surface area contributed by atoms with Gasteiger partial charge in [0.2, 0.25) is 0 Å². The minimum absolute atomic E-state index is 0.787. The van der Waals surface area contributed by atoms with E-state index < -0.39 is 0 Å². The van der Waals surface area contributed by atoms with E-state index in [-0.39, 0.29) is 0 Å². The van der Waals surface area contributed by atoms with Crippen molar-refractivity contribution in [2.45, 2.75) is 44.9 Å². The summed E-state index contributed by atoms with van der Waals surface area (Å²) in [5, 5.41) is 0.829. The van der Waals surface area contributed by atoms with Gasteiger partial charge in [0, 0.05) is 23.6 Å². The van der Waals surface area contributed by atoms with Crippen molar-refractivity contribution in [3.05, 3.63) is 0 Å². The Morgan fingerprint density at radius 2 is 2.17 bits per heavy atom. The summed E-state index contributed by atoms with van der Waals surface area (Å²) in [6.07, 6.45) is 2.69. The van der Waals surface area contributed by atoms with Gasteiger partial charge >= 0.3 is 0 Å². The fraction of sp³-hybridized carbons (Fsp3) is 1.00. The molecule has 2 unspecified atom stereocenters. The predicted molar refractivity (Wildman–Crippen MR) is 57.9 cm³/mol. The summed E-state index contributed by atoms with van der Waals surface area (Å²) >= 11 is 2.12. The maximum atomic E-state index is 2.64. The number of hydrogen-bond acceptors (Lipinski definition) is 2. The number of thioether (sulfide) groups is 1. The molecule has 0 N–H and O–H groups in total. The highest BCUT2D eigenvalue weighted by molar-refractivity contribution is 8.00. The van der Waals surface area contributed by atoms with E-state index in [0.717, 1.165) is 11.3 Å². The molecule has 1 saturated heterocycles. The van der Waals surface area contributed by atoms with Gasteiger partial charge in [0.05, 0.1) is 0 Å². The normalized spacial score (nSPS) is 32.2. The van der Waals surface area contributed by atoms with E-state index in [1.54, 1.807) is 0 Å². The van der Waals surface area contributed by atoms with Crippen LogP contribution < -0.4 is 0 Å². The Labute approximate surface area is 80.9 Å². The lowest BCUT2D eigenvalue weighted by Gasteiger charge is -2.37. The highest BCUT2D eigenvalue weighted by Gasteiger charge is 2.23. The summed E-state index contributed by atoms with van der Waals surface area (Å²) in [5.74, 6) is 1.33. The molecule has 1 heterocycles. The average molecular weight is 187 g/mol. The molecule has 0 amide bonds. The molecule has 0 saturated carbocycles. The molecule has 72 valence electrons. The van der Waals surface area contributed by atoms with Gasteiger partial charge in [0.15, 0.2) is 0 Å². The summed E-state index contributed by atoms with van der Waals surface area (Å²) < 4.78 is 0. The average Bonchev–Trinajstić information content (AvgIpc) is 2.08. The maximum absolute atomic E-state index is 2.64. The van der Waals surface area contributed by atoms with Gasteiger partial charge in [-0.25, -0.2) is 0 Å². The van der Waals surface area contributed by atoms with Crippen molar-refractivity contribution in [3.63, 3.8) is 0 Å². The number of unbranched alkanes of at least 4 members (excludes halogenated alkanes) is 1. The molecule has 1 fully saturated rings. The van der Waals surface area contributed by atoms with Crippen LogP contribution in [0.25, 0.3) is 0 Å². The molecule has 0 bridgehead atoms. The third-order valence-corrected chi connectivity index (χ3v) is 4.15. The van der Waals surface area contributed by atoms with E-state index in [4.69, 9.17) is 0 Å². The first kappa shape index (κ1) is 10.4. The van der Waals surface area contributed by atoms with Gasteiger partial charge in [-0.3, -0.25) is 4.90 Å². The second kappa shape index (κ2) is 5.13. The monoisotopic (exact) mass is 187 g/mol. The van der Waals surface area contributed by atoms with Gasteiger partial charge in [0.1, 0.15) is 0 Å². The first-order valence-electron chi connectivity index (χ1n) is 5.11. The smallest absolute Gasteiger partial charge is 0.0184 e.